The summed E-state index contributed by atoms with van der Waals surface area (Å²) in [5, 5.41) is 3.31. The highest BCUT2D eigenvalue weighted by molar-refractivity contribution is 7.92. The summed E-state index contributed by atoms with van der Waals surface area (Å²) in [6.07, 6.45) is 1.96. The lowest BCUT2D eigenvalue weighted by atomic mass is 10.1. The number of carbonyl (C=O) groups excluding carboxylic acids is 2. The second-order valence-electron chi connectivity index (χ2n) is 8.10. The maximum absolute atomic E-state index is 13.3. The third-order valence-electron chi connectivity index (χ3n) is 5.52. The molecule has 0 fully saturated rings. The molecule has 2 rings (SSSR count). The lowest BCUT2D eigenvalue weighted by Gasteiger charge is -2.31. The van der Waals surface area contributed by atoms with Crippen molar-refractivity contribution in [3.8, 4) is 5.75 Å². The molecular formula is C25H34ClN3O5S. The van der Waals surface area contributed by atoms with Crippen molar-refractivity contribution >= 4 is 39.1 Å². The smallest absolute Gasteiger partial charge is 0.242 e. The topological polar surface area (TPSA) is 96.0 Å². The number of ether oxygens (including phenoxy) is 1. The summed E-state index contributed by atoms with van der Waals surface area (Å²) in [6.45, 7) is 4.53. The zero-order valence-electron chi connectivity index (χ0n) is 20.7. The van der Waals surface area contributed by atoms with Crippen LogP contribution in [0.1, 0.15) is 38.7 Å². The SMILES string of the molecule is CCNC(=O)C(CC)N(Cc1ccc(OC)cc1)C(=O)CCCN(c1ccc(Cl)cc1)S(C)(=O)=O. The number of sulfonamides is 1. The van der Waals surface area contributed by atoms with Gasteiger partial charge < -0.3 is 15.0 Å². The summed E-state index contributed by atoms with van der Waals surface area (Å²) in [4.78, 5) is 27.6. The van der Waals surface area contributed by atoms with Crippen LogP contribution >= 0.6 is 11.6 Å². The lowest BCUT2D eigenvalue weighted by Crippen LogP contribution is -2.49. The molecule has 2 aromatic carbocycles. The fourth-order valence-electron chi connectivity index (χ4n) is 3.75. The van der Waals surface area contributed by atoms with Crippen LogP contribution in [-0.4, -0.2) is 57.6 Å². The van der Waals surface area contributed by atoms with E-state index in [4.69, 9.17) is 16.3 Å². The Morgan fingerprint density at radius 1 is 1.06 bits per heavy atom. The molecule has 0 aliphatic heterocycles. The highest BCUT2D eigenvalue weighted by atomic mass is 35.5. The Hall–Kier alpha value is -2.78. The summed E-state index contributed by atoms with van der Waals surface area (Å²) in [7, 11) is -1.98. The van der Waals surface area contributed by atoms with Crippen molar-refractivity contribution in [3.05, 3.63) is 59.1 Å². The standard InChI is InChI=1S/C25H34ClN3O5S/c1-5-23(25(31)27-6-2)28(18-19-9-15-22(34-3)16-10-19)24(30)8-7-17-29(35(4,32)33)21-13-11-20(26)12-14-21/h9-16,23H,5-8,17-18H2,1-4H3,(H,27,31). The van der Waals surface area contributed by atoms with Crippen LogP contribution in [0.25, 0.3) is 0 Å². The quantitative estimate of drug-likeness (QED) is 0.430. The van der Waals surface area contributed by atoms with E-state index in [0.717, 1.165) is 11.8 Å². The van der Waals surface area contributed by atoms with Gasteiger partial charge in [-0.3, -0.25) is 13.9 Å². The molecule has 10 heteroatoms. The van der Waals surface area contributed by atoms with Crippen LogP contribution in [0.2, 0.25) is 5.02 Å². The van der Waals surface area contributed by atoms with Crippen LogP contribution in [0.5, 0.6) is 5.75 Å². The second-order valence-corrected chi connectivity index (χ2v) is 10.4. The molecule has 0 bridgehead atoms. The van der Waals surface area contributed by atoms with Gasteiger partial charge >= 0.3 is 0 Å². The first kappa shape index (κ1) is 28.5. The molecule has 0 spiro atoms. The molecular weight excluding hydrogens is 490 g/mol. The van der Waals surface area contributed by atoms with E-state index in [1.165, 1.54) is 4.31 Å². The van der Waals surface area contributed by atoms with Gasteiger partial charge in [-0.1, -0.05) is 30.7 Å². The Morgan fingerprint density at radius 3 is 2.20 bits per heavy atom. The number of hydrogen-bond acceptors (Lipinski definition) is 5. The highest BCUT2D eigenvalue weighted by Gasteiger charge is 2.28. The van der Waals surface area contributed by atoms with Gasteiger partial charge in [0.15, 0.2) is 0 Å². The van der Waals surface area contributed by atoms with E-state index in [1.807, 2.05) is 26.0 Å². The van der Waals surface area contributed by atoms with Crippen molar-refractivity contribution in [3.63, 3.8) is 0 Å². The lowest BCUT2D eigenvalue weighted by molar-refractivity contribution is -0.141. The number of anilines is 1. The van der Waals surface area contributed by atoms with Crippen molar-refractivity contribution in [2.24, 2.45) is 0 Å². The van der Waals surface area contributed by atoms with Crippen LogP contribution in [0, 0.1) is 0 Å². The van der Waals surface area contributed by atoms with Gasteiger partial charge in [0.2, 0.25) is 21.8 Å². The highest BCUT2D eigenvalue weighted by Crippen LogP contribution is 2.22. The van der Waals surface area contributed by atoms with Gasteiger partial charge in [0.25, 0.3) is 0 Å². The Bertz CT molecular complexity index is 1080. The zero-order chi connectivity index (χ0) is 26.0. The maximum Gasteiger partial charge on any atom is 0.242 e. The molecule has 1 N–H and O–H groups in total. The minimum absolute atomic E-state index is 0.0890. The monoisotopic (exact) mass is 523 g/mol. The van der Waals surface area contributed by atoms with Gasteiger partial charge in [-0.15, -0.1) is 0 Å². The second kappa shape index (κ2) is 13.3. The Balaban J connectivity index is 2.19. The molecule has 0 aromatic heterocycles. The number of methoxy groups -OCH3 is 1. The number of nitrogens with one attached hydrogen (secondary N) is 1. The van der Waals surface area contributed by atoms with E-state index in [2.05, 4.69) is 5.32 Å². The molecule has 0 heterocycles. The largest absolute Gasteiger partial charge is 0.497 e. The van der Waals surface area contributed by atoms with Crippen molar-refractivity contribution in [2.45, 2.75) is 45.7 Å². The van der Waals surface area contributed by atoms with Gasteiger partial charge in [-0.05, 0) is 61.7 Å². The predicted molar refractivity (Wildman–Crippen MR) is 139 cm³/mol. The van der Waals surface area contributed by atoms with E-state index in [0.29, 0.717) is 35.8 Å². The first-order valence-electron chi connectivity index (χ1n) is 11.5. The number of rotatable bonds is 13. The molecule has 2 amide bonds. The molecule has 0 aliphatic carbocycles. The summed E-state index contributed by atoms with van der Waals surface area (Å²) in [6, 6.07) is 13.2. The average Bonchev–Trinajstić information content (AvgIpc) is 2.82. The Morgan fingerprint density at radius 2 is 1.69 bits per heavy atom. The van der Waals surface area contributed by atoms with E-state index in [-0.39, 0.29) is 31.3 Å². The fourth-order valence-corrected chi connectivity index (χ4v) is 4.84. The molecule has 0 radical (unpaired) electrons. The van der Waals surface area contributed by atoms with Gasteiger partial charge in [0.1, 0.15) is 11.8 Å². The number of hydrogen-bond donors (Lipinski definition) is 1. The molecule has 35 heavy (non-hydrogen) atoms. The van der Waals surface area contributed by atoms with Gasteiger partial charge in [-0.2, -0.15) is 0 Å². The summed E-state index contributed by atoms with van der Waals surface area (Å²) < 4.78 is 31.2. The normalized spacial score (nSPS) is 12.0. The zero-order valence-corrected chi connectivity index (χ0v) is 22.2. The number of benzene rings is 2. The van der Waals surface area contributed by atoms with Crippen LogP contribution in [0.15, 0.2) is 48.5 Å². The number of nitrogens with zero attached hydrogens (tertiary/aromatic N) is 2. The molecule has 192 valence electrons. The van der Waals surface area contributed by atoms with E-state index in [1.54, 1.807) is 48.4 Å². The van der Waals surface area contributed by atoms with Gasteiger partial charge in [0.05, 0.1) is 19.1 Å². The maximum atomic E-state index is 13.3. The van der Waals surface area contributed by atoms with E-state index >= 15 is 0 Å². The first-order chi connectivity index (χ1) is 16.6. The molecule has 2 aromatic rings. The minimum atomic E-state index is -3.56. The Kier molecular flexibility index (Phi) is 10.9. The number of likely N-dealkylation sites (N-methyl/N-ethyl adjacent to an activating group) is 1. The van der Waals surface area contributed by atoms with Gasteiger partial charge in [0, 0.05) is 31.1 Å². The fraction of sp³-hybridized carbons (Fsp3) is 0.440. The number of halogens is 1. The number of amides is 2. The molecule has 0 aliphatic rings. The molecule has 1 atom stereocenters. The predicted octanol–water partition coefficient (Wildman–Crippen LogP) is 3.84. The summed E-state index contributed by atoms with van der Waals surface area (Å²) in [5.41, 5.74) is 1.34. The average molecular weight is 524 g/mol. The molecule has 0 saturated carbocycles. The van der Waals surface area contributed by atoms with Crippen LogP contribution in [0.4, 0.5) is 5.69 Å². The number of carbonyl (C=O) groups is 2. The summed E-state index contributed by atoms with van der Waals surface area (Å²) in [5.74, 6) is 0.268. The van der Waals surface area contributed by atoms with Crippen molar-refractivity contribution in [1.29, 1.82) is 0 Å². The van der Waals surface area contributed by atoms with Crippen LogP contribution < -0.4 is 14.4 Å². The van der Waals surface area contributed by atoms with Gasteiger partial charge in [-0.25, -0.2) is 8.42 Å². The van der Waals surface area contributed by atoms with Crippen molar-refractivity contribution in [1.82, 2.24) is 10.2 Å². The molecule has 8 nitrogen and oxygen atoms in total. The minimum Gasteiger partial charge on any atom is -0.497 e. The van der Waals surface area contributed by atoms with Crippen LogP contribution in [-0.2, 0) is 26.2 Å². The molecule has 0 saturated heterocycles. The first-order valence-corrected chi connectivity index (χ1v) is 13.8. The van der Waals surface area contributed by atoms with Crippen LogP contribution in [0.3, 0.4) is 0 Å². The Labute approximate surface area is 213 Å². The van der Waals surface area contributed by atoms with Crippen molar-refractivity contribution < 1.29 is 22.7 Å². The van der Waals surface area contributed by atoms with E-state index < -0.39 is 16.1 Å². The molecule has 1 unspecified atom stereocenters. The van der Waals surface area contributed by atoms with Crippen molar-refractivity contribution in [2.75, 3.05) is 30.8 Å². The summed E-state index contributed by atoms with van der Waals surface area (Å²) >= 11 is 5.93. The van der Waals surface area contributed by atoms with E-state index in [9.17, 15) is 18.0 Å². The third-order valence-corrected chi connectivity index (χ3v) is 6.96. The third kappa shape index (κ3) is 8.43.